The van der Waals surface area contributed by atoms with Crippen LogP contribution in [0.4, 0.5) is 8.78 Å². The maximum absolute atomic E-state index is 11.8. The molecule has 13 heavy (non-hydrogen) atoms. The zero-order valence-corrected chi connectivity index (χ0v) is 7.59. The highest BCUT2D eigenvalue weighted by atomic mass is 19.3. The first-order valence-electron chi connectivity index (χ1n) is 4.44. The molecule has 1 heterocycles. The highest BCUT2D eigenvalue weighted by Crippen LogP contribution is 2.08. The van der Waals surface area contributed by atoms with E-state index in [-0.39, 0.29) is 6.04 Å². The Morgan fingerprint density at radius 3 is 2.85 bits per heavy atom. The van der Waals surface area contributed by atoms with Gasteiger partial charge in [-0.3, -0.25) is 4.79 Å². The fourth-order valence-electron chi connectivity index (χ4n) is 1.50. The van der Waals surface area contributed by atoms with Crippen LogP contribution in [0.5, 0.6) is 0 Å². The number of hydrogen-bond donors (Lipinski definition) is 1. The van der Waals surface area contributed by atoms with Gasteiger partial charge >= 0.3 is 6.43 Å². The van der Waals surface area contributed by atoms with Crippen molar-refractivity contribution in [1.82, 2.24) is 10.2 Å². The van der Waals surface area contributed by atoms with Crippen LogP contribution in [-0.4, -0.2) is 42.9 Å². The fraction of sp³-hybridized carbons (Fsp3) is 0.875. The van der Waals surface area contributed by atoms with Gasteiger partial charge in [0.25, 0.3) is 5.91 Å². The molecule has 5 heteroatoms. The number of hydrogen-bond acceptors (Lipinski definition) is 2. The van der Waals surface area contributed by atoms with Gasteiger partial charge in [-0.15, -0.1) is 0 Å². The molecular weight excluding hydrogens is 178 g/mol. The third kappa shape index (κ3) is 2.91. The molecule has 1 rings (SSSR count). The van der Waals surface area contributed by atoms with Crippen molar-refractivity contribution in [3.05, 3.63) is 0 Å². The molecule has 1 fully saturated rings. The molecule has 1 amide bonds. The SMILES string of the molecule is CCN1CCC(NC(=O)C(F)F)C1. The van der Waals surface area contributed by atoms with E-state index in [4.69, 9.17) is 0 Å². The van der Waals surface area contributed by atoms with Crippen LogP contribution in [-0.2, 0) is 4.79 Å². The van der Waals surface area contributed by atoms with Gasteiger partial charge in [-0.2, -0.15) is 8.78 Å². The van der Waals surface area contributed by atoms with Crippen molar-refractivity contribution < 1.29 is 13.6 Å². The number of nitrogens with zero attached hydrogens (tertiary/aromatic N) is 1. The average molecular weight is 192 g/mol. The zero-order valence-electron chi connectivity index (χ0n) is 7.59. The molecule has 1 unspecified atom stereocenters. The van der Waals surface area contributed by atoms with Crippen molar-refractivity contribution in [2.24, 2.45) is 0 Å². The molecule has 1 N–H and O–H groups in total. The highest BCUT2D eigenvalue weighted by molar-refractivity contribution is 5.79. The number of likely N-dealkylation sites (tertiary alicyclic amines) is 1. The van der Waals surface area contributed by atoms with Gasteiger partial charge in [-0.1, -0.05) is 6.92 Å². The minimum atomic E-state index is -2.89. The molecule has 1 aliphatic rings. The zero-order chi connectivity index (χ0) is 9.84. The van der Waals surface area contributed by atoms with Crippen molar-refractivity contribution in [2.75, 3.05) is 19.6 Å². The van der Waals surface area contributed by atoms with Gasteiger partial charge in [0.2, 0.25) is 0 Å². The summed E-state index contributed by atoms with van der Waals surface area (Å²) in [4.78, 5) is 12.7. The van der Waals surface area contributed by atoms with Gasteiger partial charge in [0.15, 0.2) is 0 Å². The van der Waals surface area contributed by atoms with Crippen molar-refractivity contribution in [1.29, 1.82) is 0 Å². The summed E-state index contributed by atoms with van der Waals surface area (Å²) >= 11 is 0. The molecule has 3 nitrogen and oxygen atoms in total. The molecule has 1 aliphatic heterocycles. The van der Waals surface area contributed by atoms with Gasteiger partial charge in [0, 0.05) is 19.1 Å². The molecule has 0 aromatic carbocycles. The first-order chi connectivity index (χ1) is 6.13. The third-order valence-electron chi connectivity index (χ3n) is 2.26. The molecule has 0 radical (unpaired) electrons. The van der Waals surface area contributed by atoms with E-state index < -0.39 is 12.3 Å². The third-order valence-corrected chi connectivity index (χ3v) is 2.26. The Kier molecular flexibility index (Phi) is 3.59. The number of rotatable bonds is 3. The van der Waals surface area contributed by atoms with Gasteiger partial charge < -0.3 is 10.2 Å². The Morgan fingerprint density at radius 1 is 1.69 bits per heavy atom. The monoisotopic (exact) mass is 192 g/mol. The van der Waals surface area contributed by atoms with Crippen LogP contribution in [0.2, 0.25) is 0 Å². The van der Waals surface area contributed by atoms with E-state index in [2.05, 4.69) is 10.2 Å². The highest BCUT2D eigenvalue weighted by Gasteiger charge is 2.25. The Balaban J connectivity index is 2.28. The summed E-state index contributed by atoms with van der Waals surface area (Å²) in [6.45, 7) is 4.48. The molecule has 0 spiro atoms. The molecule has 76 valence electrons. The second kappa shape index (κ2) is 4.50. The van der Waals surface area contributed by atoms with Gasteiger partial charge in [-0.25, -0.2) is 0 Å². The Bertz CT molecular complexity index is 187. The maximum atomic E-state index is 11.8. The quantitative estimate of drug-likeness (QED) is 0.704. The predicted molar refractivity (Wildman–Crippen MR) is 44.7 cm³/mol. The molecule has 0 saturated carbocycles. The summed E-state index contributed by atoms with van der Waals surface area (Å²) in [6.07, 6.45) is -2.12. The summed E-state index contributed by atoms with van der Waals surface area (Å²) in [6, 6.07) is -0.0959. The van der Waals surface area contributed by atoms with Gasteiger partial charge in [-0.05, 0) is 13.0 Å². The second-order valence-corrected chi connectivity index (χ2v) is 3.19. The van der Waals surface area contributed by atoms with Crippen molar-refractivity contribution in [3.63, 3.8) is 0 Å². The molecule has 0 aromatic heterocycles. The van der Waals surface area contributed by atoms with E-state index >= 15 is 0 Å². The number of carbonyl (C=O) groups is 1. The summed E-state index contributed by atoms with van der Waals surface area (Å²) in [7, 11) is 0. The predicted octanol–water partition coefficient (Wildman–Crippen LogP) is 0.462. The van der Waals surface area contributed by atoms with E-state index in [1.807, 2.05) is 6.92 Å². The lowest BCUT2D eigenvalue weighted by Gasteiger charge is -2.13. The van der Waals surface area contributed by atoms with Crippen LogP contribution < -0.4 is 5.32 Å². The van der Waals surface area contributed by atoms with E-state index in [0.717, 1.165) is 19.5 Å². The molecule has 1 atom stereocenters. The van der Waals surface area contributed by atoms with E-state index in [1.165, 1.54) is 0 Å². The summed E-state index contributed by atoms with van der Waals surface area (Å²) in [5, 5.41) is 2.31. The van der Waals surface area contributed by atoms with E-state index in [1.54, 1.807) is 0 Å². The lowest BCUT2D eigenvalue weighted by molar-refractivity contribution is -0.132. The van der Waals surface area contributed by atoms with Crippen LogP contribution in [0.3, 0.4) is 0 Å². The first kappa shape index (κ1) is 10.4. The Hall–Kier alpha value is -0.710. The lowest BCUT2D eigenvalue weighted by Crippen LogP contribution is -2.40. The van der Waals surface area contributed by atoms with E-state index in [0.29, 0.717) is 6.54 Å². The standard InChI is InChI=1S/C8H14F2N2O/c1-2-12-4-3-6(5-12)11-8(13)7(9)10/h6-7H,2-5H2,1H3,(H,11,13). The number of amides is 1. The maximum Gasteiger partial charge on any atom is 0.315 e. The van der Waals surface area contributed by atoms with Crippen LogP contribution in [0.1, 0.15) is 13.3 Å². The summed E-state index contributed by atoms with van der Waals surface area (Å²) in [5.41, 5.74) is 0. The van der Waals surface area contributed by atoms with Crippen LogP contribution in [0.15, 0.2) is 0 Å². The number of alkyl halides is 2. The van der Waals surface area contributed by atoms with Gasteiger partial charge in [0.1, 0.15) is 0 Å². The minimum Gasteiger partial charge on any atom is -0.347 e. The van der Waals surface area contributed by atoms with Crippen LogP contribution in [0.25, 0.3) is 0 Å². The minimum absolute atomic E-state index is 0.0959. The smallest absolute Gasteiger partial charge is 0.315 e. The topological polar surface area (TPSA) is 32.3 Å². The second-order valence-electron chi connectivity index (χ2n) is 3.19. The number of nitrogens with one attached hydrogen (secondary N) is 1. The summed E-state index contributed by atoms with van der Waals surface area (Å²) in [5.74, 6) is -1.15. The number of halogens is 2. The van der Waals surface area contributed by atoms with Crippen molar-refractivity contribution >= 4 is 5.91 Å². The molecule has 0 bridgehead atoms. The number of carbonyl (C=O) groups excluding carboxylic acids is 1. The van der Waals surface area contributed by atoms with E-state index in [9.17, 15) is 13.6 Å². The van der Waals surface area contributed by atoms with Crippen molar-refractivity contribution in [3.8, 4) is 0 Å². The molecule has 0 aliphatic carbocycles. The van der Waals surface area contributed by atoms with Crippen LogP contribution in [0, 0.1) is 0 Å². The summed E-state index contributed by atoms with van der Waals surface area (Å²) < 4.78 is 23.7. The molecular formula is C8H14F2N2O. The normalized spacial score (nSPS) is 23.8. The first-order valence-corrected chi connectivity index (χ1v) is 4.44. The number of likely N-dealkylation sites (N-methyl/N-ethyl adjacent to an activating group) is 1. The Labute approximate surface area is 76.1 Å². The lowest BCUT2D eigenvalue weighted by atomic mass is 10.2. The molecule has 1 saturated heterocycles. The average Bonchev–Trinajstić information content (AvgIpc) is 2.52. The Morgan fingerprint density at radius 2 is 2.38 bits per heavy atom. The largest absolute Gasteiger partial charge is 0.347 e. The van der Waals surface area contributed by atoms with Gasteiger partial charge in [0.05, 0.1) is 0 Å². The molecule has 0 aromatic rings. The van der Waals surface area contributed by atoms with Crippen molar-refractivity contribution in [2.45, 2.75) is 25.8 Å². The fourth-order valence-corrected chi connectivity index (χ4v) is 1.50. The van der Waals surface area contributed by atoms with Crippen LogP contribution >= 0.6 is 0 Å².